The number of sulfone groups is 1. The molecule has 1 aliphatic heterocycles. The van der Waals surface area contributed by atoms with Crippen molar-refractivity contribution in [2.75, 3.05) is 13.1 Å². The van der Waals surface area contributed by atoms with Gasteiger partial charge in [-0.15, -0.1) is 0 Å². The van der Waals surface area contributed by atoms with Gasteiger partial charge >= 0.3 is 0 Å². The summed E-state index contributed by atoms with van der Waals surface area (Å²) in [6.45, 7) is 7.26. The SMILES string of the molecule is Cc1cncc2c1c(CC1CCNC1)cn2-c1ccc(F)cc1S(=O)(=O)C(C)C. The number of rotatable bonds is 5. The summed E-state index contributed by atoms with van der Waals surface area (Å²) in [6.07, 6.45) is 7.63. The van der Waals surface area contributed by atoms with E-state index in [4.69, 9.17) is 0 Å². The van der Waals surface area contributed by atoms with E-state index < -0.39 is 20.9 Å². The molecule has 0 bridgehead atoms. The third kappa shape index (κ3) is 3.57. The van der Waals surface area contributed by atoms with Crippen LogP contribution in [-0.4, -0.2) is 36.3 Å². The molecule has 0 spiro atoms. The van der Waals surface area contributed by atoms with E-state index in [-0.39, 0.29) is 4.90 Å². The Balaban J connectivity index is 1.95. The zero-order valence-electron chi connectivity index (χ0n) is 16.9. The second kappa shape index (κ2) is 7.54. The van der Waals surface area contributed by atoms with Crippen LogP contribution in [0.1, 0.15) is 31.4 Å². The van der Waals surface area contributed by atoms with Crippen LogP contribution in [0.25, 0.3) is 16.6 Å². The molecule has 1 unspecified atom stereocenters. The molecule has 0 radical (unpaired) electrons. The molecule has 0 saturated carbocycles. The largest absolute Gasteiger partial charge is 0.316 e. The topological polar surface area (TPSA) is 64.0 Å². The fourth-order valence-electron chi connectivity index (χ4n) is 4.16. The fourth-order valence-corrected chi connectivity index (χ4v) is 5.41. The van der Waals surface area contributed by atoms with E-state index in [1.54, 1.807) is 26.1 Å². The molecule has 29 heavy (non-hydrogen) atoms. The van der Waals surface area contributed by atoms with E-state index in [2.05, 4.69) is 10.3 Å². The Morgan fingerprint density at radius 3 is 2.79 bits per heavy atom. The zero-order valence-corrected chi connectivity index (χ0v) is 17.8. The Kier molecular flexibility index (Phi) is 5.21. The van der Waals surface area contributed by atoms with Crippen molar-refractivity contribution < 1.29 is 12.8 Å². The number of nitrogens with one attached hydrogen (secondary N) is 1. The number of nitrogens with zero attached hydrogens (tertiary/aromatic N) is 2. The van der Waals surface area contributed by atoms with Gasteiger partial charge in [-0.25, -0.2) is 12.8 Å². The van der Waals surface area contributed by atoms with Gasteiger partial charge in [-0.1, -0.05) is 0 Å². The van der Waals surface area contributed by atoms with E-state index >= 15 is 0 Å². The molecule has 3 heterocycles. The lowest BCUT2D eigenvalue weighted by Crippen LogP contribution is -2.16. The predicted molar refractivity (Wildman–Crippen MR) is 113 cm³/mol. The normalized spacial score (nSPS) is 17.5. The monoisotopic (exact) mass is 415 g/mol. The maximum Gasteiger partial charge on any atom is 0.182 e. The van der Waals surface area contributed by atoms with Crippen molar-refractivity contribution in [1.82, 2.24) is 14.9 Å². The number of pyridine rings is 1. The van der Waals surface area contributed by atoms with Crippen molar-refractivity contribution in [3.8, 4) is 5.69 Å². The minimum atomic E-state index is -3.66. The minimum absolute atomic E-state index is 0.0139. The van der Waals surface area contributed by atoms with E-state index in [0.29, 0.717) is 11.6 Å². The number of aromatic nitrogens is 2. The summed E-state index contributed by atoms with van der Waals surface area (Å²) < 4.78 is 41.8. The van der Waals surface area contributed by atoms with Gasteiger partial charge in [0.05, 0.1) is 27.5 Å². The van der Waals surface area contributed by atoms with Gasteiger partial charge in [0.25, 0.3) is 0 Å². The summed E-state index contributed by atoms with van der Waals surface area (Å²) in [5.74, 6) is -0.00954. The second-order valence-corrected chi connectivity index (χ2v) is 10.6. The highest BCUT2D eigenvalue weighted by Gasteiger charge is 2.26. The Bertz CT molecular complexity index is 1160. The van der Waals surface area contributed by atoms with Crippen LogP contribution in [-0.2, 0) is 16.3 Å². The molecule has 1 saturated heterocycles. The summed E-state index contributed by atoms with van der Waals surface area (Å²) in [5.41, 5.74) is 3.54. The molecule has 5 nitrogen and oxygen atoms in total. The average molecular weight is 416 g/mol. The quantitative estimate of drug-likeness (QED) is 0.688. The molecule has 2 aromatic heterocycles. The molecule has 3 aromatic rings. The number of halogens is 1. The molecule has 4 rings (SSSR count). The molecule has 7 heteroatoms. The molecular weight excluding hydrogens is 389 g/mol. The molecule has 0 aliphatic carbocycles. The summed E-state index contributed by atoms with van der Waals surface area (Å²) in [7, 11) is -3.66. The van der Waals surface area contributed by atoms with Crippen LogP contribution in [0, 0.1) is 18.7 Å². The number of benzene rings is 1. The van der Waals surface area contributed by atoms with Crippen LogP contribution < -0.4 is 5.32 Å². The van der Waals surface area contributed by atoms with Gasteiger partial charge in [0.2, 0.25) is 0 Å². The molecule has 1 atom stereocenters. The number of aryl methyl sites for hydroxylation is 1. The molecule has 154 valence electrons. The van der Waals surface area contributed by atoms with E-state index in [1.807, 2.05) is 23.9 Å². The first kappa shape index (κ1) is 20.0. The van der Waals surface area contributed by atoms with Gasteiger partial charge in [-0.2, -0.15) is 0 Å². The third-order valence-electron chi connectivity index (χ3n) is 5.76. The maximum absolute atomic E-state index is 14.0. The van der Waals surface area contributed by atoms with Crippen molar-refractivity contribution in [3.63, 3.8) is 0 Å². The first-order chi connectivity index (χ1) is 13.8. The molecule has 1 N–H and O–H groups in total. The van der Waals surface area contributed by atoms with Crippen molar-refractivity contribution in [3.05, 3.63) is 53.7 Å². The second-order valence-electron chi connectivity index (χ2n) is 8.14. The Morgan fingerprint density at radius 2 is 2.10 bits per heavy atom. The lowest BCUT2D eigenvalue weighted by Gasteiger charge is -2.15. The number of hydrogen-bond donors (Lipinski definition) is 1. The van der Waals surface area contributed by atoms with Crippen molar-refractivity contribution in [2.24, 2.45) is 5.92 Å². The van der Waals surface area contributed by atoms with Gasteiger partial charge in [0.1, 0.15) is 5.82 Å². The summed E-state index contributed by atoms with van der Waals surface area (Å²) >= 11 is 0. The number of fused-ring (bicyclic) bond motifs is 1. The number of hydrogen-bond acceptors (Lipinski definition) is 4. The Labute approximate surface area is 170 Å². The Hall–Kier alpha value is -2.25. The van der Waals surface area contributed by atoms with Gasteiger partial charge in [-0.05, 0) is 81.9 Å². The minimum Gasteiger partial charge on any atom is -0.316 e. The molecular formula is C22H26FN3O2S. The zero-order chi connectivity index (χ0) is 20.8. The smallest absolute Gasteiger partial charge is 0.182 e. The summed E-state index contributed by atoms with van der Waals surface area (Å²) in [5, 5.41) is 3.86. The van der Waals surface area contributed by atoms with Gasteiger partial charge in [0.15, 0.2) is 9.84 Å². The van der Waals surface area contributed by atoms with Crippen LogP contribution >= 0.6 is 0 Å². The highest BCUT2D eigenvalue weighted by Crippen LogP contribution is 2.33. The summed E-state index contributed by atoms with van der Waals surface area (Å²) in [4.78, 5) is 4.35. The van der Waals surface area contributed by atoms with Crippen molar-refractivity contribution in [1.29, 1.82) is 0 Å². The Morgan fingerprint density at radius 1 is 1.31 bits per heavy atom. The van der Waals surface area contributed by atoms with E-state index in [9.17, 15) is 12.8 Å². The van der Waals surface area contributed by atoms with Gasteiger partial charge in [-0.3, -0.25) is 4.98 Å². The van der Waals surface area contributed by atoms with Crippen LogP contribution in [0.15, 0.2) is 41.7 Å². The van der Waals surface area contributed by atoms with Crippen LogP contribution in [0.5, 0.6) is 0 Å². The van der Waals surface area contributed by atoms with Crippen LogP contribution in [0.3, 0.4) is 0 Å². The van der Waals surface area contributed by atoms with E-state index in [0.717, 1.165) is 48.5 Å². The standard InChI is InChI=1S/C22H26FN3O2S/c1-14(2)29(27,28)21-9-18(23)4-5-19(21)26-13-17(8-16-6-7-24-11-16)22-15(3)10-25-12-20(22)26/h4-5,9-10,12-14,16,24H,6-8,11H2,1-3H3. The average Bonchev–Trinajstić information content (AvgIpc) is 3.31. The van der Waals surface area contributed by atoms with Crippen LogP contribution in [0.4, 0.5) is 4.39 Å². The summed E-state index contributed by atoms with van der Waals surface area (Å²) in [6, 6.07) is 3.98. The first-order valence-electron chi connectivity index (χ1n) is 9.98. The third-order valence-corrected chi connectivity index (χ3v) is 7.94. The first-order valence-corrected chi connectivity index (χ1v) is 11.5. The van der Waals surface area contributed by atoms with Gasteiger partial charge < -0.3 is 9.88 Å². The van der Waals surface area contributed by atoms with Crippen molar-refractivity contribution in [2.45, 2.75) is 43.8 Å². The van der Waals surface area contributed by atoms with E-state index in [1.165, 1.54) is 11.6 Å². The fraction of sp³-hybridized carbons (Fsp3) is 0.409. The highest BCUT2D eigenvalue weighted by molar-refractivity contribution is 7.92. The lowest BCUT2D eigenvalue weighted by atomic mass is 9.97. The highest BCUT2D eigenvalue weighted by atomic mass is 32.2. The van der Waals surface area contributed by atoms with Crippen LogP contribution in [0.2, 0.25) is 0 Å². The van der Waals surface area contributed by atoms with Gasteiger partial charge in [0, 0.05) is 17.8 Å². The molecule has 1 fully saturated rings. The van der Waals surface area contributed by atoms with Crippen molar-refractivity contribution >= 4 is 20.7 Å². The molecule has 1 aromatic carbocycles. The lowest BCUT2D eigenvalue weighted by molar-refractivity contribution is 0.580. The predicted octanol–water partition coefficient (Wildman–Crippen LogP) is 3.81. The molecule has 1 aliphatic rings. The maximum atomic E-state index is 14.0. The molecule has 0 amide bonds.